The molecule has 112 valence electrons. The van der Waals surface area contributed by atoms with Crippen molar-refractivity contribution in [3.63, 3.8) is 0 Å². The summed E-state index contributed by atoms with van der Waals surface area (Å²) in [6, 6.07) is 5.05. The highest BCUT2D eigenvalue weighted by Crippen LogP contribution is 2.27. The Hall–Kier alpha value is -1.51. The quantitative estimate of drug-likeness (QED) is 0.806. The Balaban J connectivity index is 2.33. The van der Waals surface area contributed by atoms with Gasteiger partial charge in [0, 0.05) is 18.4 Å². The zero-order valence-corrected chi connectivity index (χ0v) is 13.4. The standard InChI is InChI=1S/C13H13BrFN3O2S/c1-8(9-2-4-17-5-3-9)18-21(19,20)13-6-10(14)11(15)7-12(13)16/h2-8,18H,16H2,1H3. The number of pyridine rings is 1. The van der Waals surface area contributed by atoms with Crippen LogP contribution in [0.4, 0.5) is 10.1 Å². The van der Waals surface area contributed by atoms with Gasteiger partial charge in [-0.1, -0.05) is 0 Å². The molecule has 0 aliphatic rings. The smallest absolute Gasteiger partial charge is 0.243 e. The van der Waals surface area contributed by atoms with Gasteiger partial charge in [0.15, 0.2) is 0 Å². The number of nitrogen functional groups attached to an aromatic ring is 1. The molecule has 1 aromatic heterocycles. The highest BCUT2D eigenvalue weighted by molar-refractivity contribution is 9.10. The first-order valence-corrected chi connectivity index (χ1v) is 8.25. The van der Waals surface area contributed by atoms with E-state index in [0.29, 0.717) is 0 Å². The van der Waals surface area contributed by atoms with E-state index < -0.39 is 21.9 Å². The maximum absolute atomic E-state index is 13.3. The minimum Gasteiger partial charge on any atom is -0.398 e. The molecule has 0 saturated carbocycles. The summed E-state index contributed by atoms with van der Waals surface area (Å²) >= 11 is 2.95. The minimum absolute atomic E-state index is 0.0358. The second-order valence-corrected chi connectivity index (χ2v) is 6.96. The van der Waals surface area contributed by atoms with Crippen molar-refractivity contribution >= 4 is 31.6 Å². The van der Waals surface area contributed by atoms with Gasteiger partial charge in [-0.3, -0.25) is 4.98 Å². The highest BCUT2D eigenvalue weighted by atomic mass is 79.9. The van der Waals surface area contributed by atoms with Gasteiger partial charge in [0.1, 0.15) is 10.7 Å². The fraction of sp³-hybridized carbons (Fsp3) is 0.154. The maximum atomic E-state index is 13.3. The second-order valence-electron chi connectivity index (χ2n) is 4.43. The minimum atomic E-state index is -3.87. The van der Waals surface area contributed by atoms with Crippen molar-refractivity contribution in [3.05, 3.63) is 52.5 Å². The van der Waals surface area contributed by atoms with E-state index in [1.165, 1.54) is 0 Å². The van der Waals surface area contributed by atoms with Gasteiger partial charge < -0.3 is 5.73 Å². The number of hydrogen-bond acceptors (Lipinski definition) is 4. The summed E-state index contributed by atoms with van der Waals surface area (Å²) in [6.45, 7) is 1.70. The number of anilines is 1. The lowest BCUT2D eigenvalue weighted by molar-refractivity contribution is 0.566. The van der Waals surface area contributed by atoms with Gasteiger partial charge in [-0.25, -0.2) is 17.5 Å². The Labute approximate surface area is 130 Å². The van der Waals surface area contributed by atoms with Gasteiger partial charge in [-0.15, -0.1) is 0 Å². The number of sulfonamides is 1. The van der Waals surface area contributed by atoms with Crippen molar-refractivity contribution in [1.82, 2.24) is 9.71 Å². The van der Waals surface area contributed by atoms with Crippen LogP contribution in [0, 0.1) is 5.82 Å². The summed E-state index contributed by atoms with van der Waals surface area (Å²) in [5, 5.41) is 0. The first-order chi connectivity index (χ1) is 9.81. The number of aromatic nitrogens is 1. The summed E-state index contributed by atoms with van der Waals surface area (Å²) in [5.74, 6) is -0.617. The zero-order valence-electron chi connectivity index (χ0n) is 11.0. The van der Waals surface area contributed by atoms with Crippen LogP contribution in [0.15, 0.2) is 46.0 Å². The van der Waals surface area contributed by atoms with Gasteiger partial charge in [0.2, 0.25) is 10.0 Å². The first-order valence-electron chi connectivity index (χ1n) is 5.98. The molecular weight excluding hydrogens is 361 g/mol. The number of benzene rings is 1. The largest absolute Gasteiger partial charge is 0.398 e. The average Bonchev–Trinajstić information content (AvgIpc) is 2.43. The molecule has 0 aliphatic carbocycles. The number of rotatable bonds is 4. The Morgan fingerprint density at radius 2 is 1.95 bits per heavy atom. The van der Waals surface area contributed by atoms with Crippen LogP contribution in [0.1, 0.15) is 18.5 Å². The van der Waals surface area contributed by atoms with Crippen molar-refractivity contribution in [2.45, 2.75) is 17.9 Å². The van der Waals surface area contributed by atoms with Crippen LogP contribution in [0.3, 0.4) is 0 Å². The van der Waals surface area contributed by atoms with E-state index in [1.54, 1.807) is 31.5 Å². The second kappa shape index (κ2) is 6.08. The van der Waals surface area contributed by atoms with Crippen molar-refractivity contribution < 1.29 is 12.8 Å². The third-order valence-corrected chi connectivity index (χ3v) is 5.08. The summed E-state index contributed by atoms with van der Waals surface area (Å²) < 4.78 is 40.6. The van der Waals surface area contributed by atoms with E-state index >= 15 is 0 Å². The van der Waals surface area contributed by atoms with Gasteiger partial charge in [0.05, 0.1) is 10.2 Å². The fourth-order valence-electron chi connectivity index (χ4n) is 1.79. The average molecular weight is 374 g/mol. The number of halogens is 2. The van der Waals surface area contributed by atoms with Crippen LogP contribution in [-0.4, -0.2) is 13.4 Å². The summed E-state index contributed by atoms with van der Waals surface area (Å²) in [7, 11) is -3.87. The van der Waals surface area contributed by atoms with E-state index in [0.717, 1.165) is 17.7 Å². The summed E-state index contributed by atoms with van der Waals surface area (Å²) in [6.07, 6.45) is 3.14. The van der Waals surface area contributed by atoms with Crippen LogP contribution >= 0.6 is 15.9 Å². The van der Waals surface area contributed by atoms with Gasteiger partial charge >= 0.3 is 0 Å². The van der Waals surface area contributed by atoms with Crippen molar-refractivity contribution in [2.24, 2.45) is 0 Å². The van der Waals surface area contributed by atoms with Crippen LogP contribution in [0.25, 0.3) is 0 Å². The summed E-state index contributed by atoms with van der Waals surface area (Å²) in [5.41, 5.74) is 6.21. The van der Waals surface area contributed by atoms with Crippen molar-refractivity contribution in [1.29, 1.82) is 0 Å². The molecule has 21 heavy (non-hydrogen) atoms. The molecule has 0 fully saturated rings. The molecule has 0 radical (unpaired) electrons. The van der Waals surface area contributed by atoms with Crippen molar-refractivity contribution in [3.8, 4) is 0 Å². The van der Waals surface area contributed by atoms with Crippen LogP contribution < -0.4 is 10.5 Å². The van der Waals surface area contributed by atoms with E-state index in [2.05, 4.69) is 25.6 Å². The molecular formula is C13H13BrFN3O2S. The number of nitrogens with zero attached hydrogens (tertiary/aromatic N) is 1. The topological polar surface area (TPSA) is 85.1 Å². The normalized spacial score (nSPS) is 13.1. The Bertz CT molecular complexity index is 754. The first kappa shape index (κ1) is 15.9. The molecule has 0 bridgehead atoms. The predicted octanol–water partition coefficient (Wildman–Crippen LogP) is 2.60. The monoisotopic (exact) mass is 373 g/mol. The molecule has 2 rings (SSSR count). The Morgan fingerprint density at radius 3 is 2.57 bits per heavy atom. The lowest BCUT2D eigenvalue weighted by atomic mass is 10.1. The Kier molecular flexibility index (Phi) is 4.60. The molecule has 3 N–H and O–H groups in total. The summed E-state index contributed by atoms with van der Waals surface area (Å²) in [4.78, 5) is 3.70. The molecule has 0 aliphatic heterocycles. The Morgan fingerprint density at radius 1 is 1.33 bits per heavy atom. The SMILES string of the molecule is CC(NS(=O)(=O)c1cc(Br)c(F)cc1N)c1ccncc1. The molecule has 1 atom stereocenters. The third-order valence-electron chi connectivity index (χ3n) is 2.88. The lowest BCUT2D eigenvalue weighted by Crippen LogP contribution is -2.27. The van der Waals surface area contributed by atoms with Gasteiger partial charge in [-0.2, -0.15) is 0 Å². The van der Waals surface area contributed by atoms with Gasteiger partial charge in [0.25, 0.3) is 0 Å². The third kappa shape index (κ3) is 3.58. The molecule has 5 nitrogen and oxygen atoms in total. The van der Waals surface area contributed by atoms with E-state index in [4.69, 9.17) is 5.73 Å². The molecule has 1 heterocycles. The lowest BCUT2D eigenvalue weighted by Gasteiger charge is -2.16. The molecule has 0 amide bonds. The fourth-order valence-corrected chi connectivity index (χ4v) is 3.66. The number of nitrogens with two attached hydrogens (primary N) is 1. The number of hydrogen-bond donors (Lipinski definition) is 2. The van der Waals surface area contributed by atoms with Crippen molar-refractivity contribution in [2.75, 3.05) is 5.73 Å². The molecule has 0 saturated heterocycles. The molecule has 8 heteroatoms. The maximum Gasteiger partial charge on any atom is 0.243 e. The van der Waals surface area contributed by atoms with E-state index in [1.807, 2.05) is 0 Å². The number of nitrogens with one attached hydrogen (secondary N) is 1. The molecule has 2 aromatic rings. The van der Waals surface area contributed by atoms with E-state index in [9.17, 15) is 12.8 Å². The zero-order chi connectivity index (χ0) is 15.6. The molecule has 1 aromatic carbocycles. The van der Waals surface area contributed by atoms with Crippen LogP contribution in [0.2, 0.25) is 0 Å². The molecule has 0 spiro atoms. The molecule has 1 unspecified atom stereocenters. The van der Waals surface area contributed by atoms with E-state index in [-0.39, 0.29) is 15.1 Å². The predicted molar refractivity (Wildman–Crippen MR) is 81.5 cm³/mol. The van der Waals surface area contributed by atoms with Gasteiger partial charge in [-0.05, 0) is 52.7 Å². The van der Waals surface area contributed by atoms with Crippen LogP contribution in [0.5, 0.6) is 0 Å². The van der Waals surface area contributed by atoms with Crippen LogP contribution in [-0.2, 0) is 10.0 Å². The highest BCUT2D eigenvalue weighted by Gasteiger charge is 2.22.